The lowest BCUT2D eigenvalue weighted by Crippen LogP contribution is -2.71. The molecule has 2 aromatic heterocycles. The van der Waals surface area contributed by atoms with Crippen LogP contribution in [0.1, 0.15) is 27.2 Å². The van der Waals surface area contributed by atoms with Gasteiger partial charge in [0.15, 0.2) is 5.82 Å². The van der Waals surface area contributed by atoms with Gasteiger partial charge in [0.05, 0.1) is 29.6 Å². The van der Waals surface area contributed by atoms with Crippen molar-refractivity contribution >= 4 is 5.91 Å². The number of nitrogens with zero attached hydrogens (tertiary/aromatic N) is 3. The quantitative estimate of drug-likeness (QED) is 0.685. The number of benzene rings is 1. The van der Waals surface area contributed by atoms with Gasteiger partial charge >= 0.3 is 0 Å². The molecule has 3 aromatic rings. The maximum atomic E-state index is 13.1. The first-order chi connectivity index (χ1) is 14.6. The fourth-order valence-corrected chi connectivity index (χ4v) is 5.08. The first kappa shape index (κ1) is 17.7. The zero-order valence-corrected chi connectivity index (χ0v) is 17.1. The molecular weight excluding hydrogens is 378 g/mol. The fraction of sp³-hybridized carbons (Fsp3) is 0.348. The Bertz CT molecular complexity index is 1210. The molecule has 4 heterocycles. The number of amides is 1. The second-order valence-electron chi connectivity index (χ2n) is 8.52. The molecule has 3 aliphatic rings. The van der Waals surface area contributed by atoms with E-state index in [1.54, 1.807) is 7.11 Å². The van der Waals surface area contributed by atoms with E-state index in [0.717, 1.165) is 77.4 Å². The number of ether oxygens (including phenoxy) is 1. The molecule has 7 nitrogen and oxygen atoms in total. The Morgan fingerprint density at radius 2 is 2.10 bits per heavy atom. The predicted octanol–water partition coefficient (Wildman–Crippen LogP) is 1.88. The van der Waals surface area contributed by atoms with Crippen LogP contribution in [0.15, 0.2) is 30.5 Å². The number of hydrogen-bond donors (Lipinski definition) is 2. The molecule has 2 aliphatic heterocycles. The second-order valence-corrected chi connectivity index (χ2v) is 8.52. The first-order valence-electron chi connectivity index (χ1n) is 10.3. The third kappa shape index (κ3) is 2.38. The third-order valence-electron chi connectivity index (χ3n) is 6.72. The van der Waals surface area contributed by atoms with E-state index >= 15 is 0 Å². The molecule has 1 aliphatic carbocycles. The molecule has 0 radical (unpaired) electrons. The summed E-state index contributed by atoms with van der Waals surface area (Å²) in [5.41, 5.74) is 7.01. The average Bonchev–Trinajstić information content (AvgIpc) is 3.05. The van der Waals surface area contributed by atoms with E-state index in [2.05, 4.69) is 27.2 Å². The molecular formula is C23H23N5O2. The summed E-state index contributed by atoms with van der Waals surface area (Å²) in [4.78, 5) is 22.6. The minimum absolute atomic E-state index is 0.0557. The summed E-state index contributed by atoms with van der Waals surface area (Å²) in [6.45, 7) is 1.65. The Kier molecular flexibility index (Phi) is 3.62. The van der Waals surface area contributed by atoms with Crippen molar-refractivity contribution in [2.45, 2.75) is 24.8 Å². The van der Waals surface area contributed by atoms with Crippen molar-refractivity contribution in [1.29, 1.82) is 0 Å². The van der Waals surface area contributed by atoms with Crippen LogP contribution in [0.4, 0.5) is 0 Å². The first-order valence-corrected chi connectivity index (χ1v) is 10.3. The predicted molar refractivity (Wildman–Crippen MR) is 113 cm³/mol. The van der Waals surface area contributed by atoms with Gasteiger partial charge in [0.2, 0.25) is 0 Å². The van der Waals surface area contributed by atoms with E-state index in [1.165, 1.54) is 0 Å². The van der Waals surface area contributed by atoms with E-state index in [0.29, 0.717) is 5.82 Å². The number of aromatic nitrogens is 3. The lowest BCUT2D eigenvalue weighted by Gasteiger charge is -2.45. The lowest BCUT2D eigenvalue weighted by molar-refractivity contribution is 0.0824. The maximum absolute atomic E-state index is 13.1. The van der Waals surface area contributed by atoms with Crippen molar-refractivity contribution in [3.63, 3.8) is 0 Å². The summed E-state index contributed by atoms with van der Waals surface area (Å²) in [5.74, 6) is 1.50. The Morgan fingerprint density at radius 3 is 2.87 bits per heavy atom. The van der Waals surface area contributed by atoms with Crippen molar-refractivity contribution < 1.29 is 9.53 Å². The van der Waals surface area contributed by atoms with Gasteiger partial charge in [-0.05, 0) is 36.1 Å². The van der Waals surface area contributed by atoms with E-state index in [4.69, 9.17) is 9.72 Å². The Morgan fingerprint density at radius 1 is 1.23 bits per heavy atom. The van der Waals surface area contributed by atoms with Gasteiger partial charge in [-0.2, -0.15) is 0 Å². The van der Waals surface area contributed by atoms with Crippen LogP contribution in [-0.4, -0.2) is 46.2 Å². The van der Waals surface area contributed by atoms with Gasteiger partial charge in [-0.1, -0.05) is 12.1 Å². The normalized spacial score (nSPS) is 18.1. The van der Waals surface area contributed by atoms with Gasteiger partial charge in [-0.25, -0.2) is 9.97 Å². The molecule has 0 atom stereocenters. The number of nitrogens with one attached hydrogen (secondary N) is 2. The Balaban J connectivity index is 1.51. The summed E-state index contributed by atoms with van der Waals surface area (Å²) in [5, 5.41) is 6.56. The minimum atomic E-state index is -0.140. The third-order valence-corrected chi connectivity index (χ3v) is 6.72. The molecule has 1 fully saturated rings. The smallest absolute Gasteiger partial charge is 0.253 e. The largest absolute Gasteiger partial charge is 0.497 e. The molecule has 30 heavy (non-hydrogen) atoms. The van der Waals surface area contributed by atoms with Crippen molar-refractivity contribution in [3.8, 4) is 28.5 Å². The van der Waals surface area contributed by atoms with Crippen LogP contribution in [0.2, 0.25) is 0 Å². The Hall–Kier alpha value is -3.19. The van der Waals surface area contributed by atoms with Crippen LogP contribution in [0, 0.1) is 0 Å². The van der Waals surface area contributed by atoms with Gasteiger partial charge in [0.25, 0.3) is 5.91 Å². The van der Waals surface area contributed by atoms with Crippen molar-refractivity contribution in [3.05, 3.63) is 52.8 Å². The van der Waals surface area contributed by atoms with Gasteiger partial charge in [-0.15, -0.1) is 0 Å². The number of aryl methyl sites for hydroxylation is 1. The van der Waals surface area contributed by atoms with Crippen LogP contribution in [0.3, 0.4) is 0 Å². The minimum Gasteiger partial charge on any atom is -0.497 e. The highest BCUT2D eigenvalue weighted by molar-refractivity contribution is 6.01. The van der Waals surface area contributed by atoms with Crippen LogP contribution >= 0.6 is 0 Å². The molecule has 1 amide bonds. The fourth-order valence-electron chi connectivity index (χ4n) is 5.08. The van der Waals surface area contributed by atoms with E-state index < -0.39 is 0 Å². The van der Waals surface area contributed by atoms with Crippen LogP contribution in [0.5, 0.6) is 5.75 Å². The molecule has 7 heteroatoms. The van der Waals surface area contributed by atoms with Crippen molar-refractivity contribution in [2.24, 2.45) is 7.05 Å². The van der Waals surface area contributed by atoms with E-state index in [1.807, 2.05) is 30.5 Å². The molecule has 152 valence electrons. The standard InChI is InChI=1S/C23H23N5O2/c1-28-17-9-23(11-24-12-23)27-22(29)18(17)16-7-6-14-10-25-21(26-19(14)20(16)28)13-4-3-5-15(8-13)30-2/h3-5,8,10,24H,6-7,9,11-12H2,1-2H3,(H,27,29). The number of fused-ring (bicyclic) bond motifs is 5. The molecule has 0 saturated carbocycles. The van der Waals surface area contributed by atoms with Gasteiger partial charge in [0, 0.05) is 44.0 Å². The second kappa shape index (κ2) is 6.15. The molecule has 0 unspecified atom stereocenters. The topological polar surface area (TPSA) is 81.1 Å². The highest BCUT2D eigenvalue weighted by Crippen LogP contribution is 2.41. The monoisotopic (exact) mass is 401 g/mol. The van der Waals surface area contributed by atoms with Crippen LogP contribution in [0.25, 0.3) is 22.8 Å². The van der Waals surface area contributed by atoms with Gasteiger partial charge in [0.1, 0.15) is 5.75 Å². The zero-order chi connectivity index (χ0) is 20.5. The Labute approximate surface area is 174 Å². The molecule has 1 aromatic carbocycles. The van der Waals surface area contributed by atoms with Crippen molar-refractivity contribution in [2.75, 3.05) is 20.2 Å². The van der Waals surface area contributed by atoms with E-state index in [9.17, 15) is 4.79 Å². The highest BCUT2D eigenvalue weighted by atomic mass is 16.5. The summed E-state index contributed by atoms with van der Waals surface area (Å²) in [6, 6.07) is 7.79. The summed E-state index contributed by atoms with van der Waals surface area (Å²) < 4.78 is 7.56. The number of carbonyl (C=O) groups excluding carboxylic acids is 1. The van der Waals surface area contributed by atoms with E-state index in [-0.39, 0.29) is 11.4 Å². The summed E-state index contributed by atoms with van der Waals surface area (Å²) in [7, 11) is 3.72. The number of rotatable bonds is 2. The zero-order valence-electron chi connectivity index (χ0n) is 17.1. The summed E-state index contributed by atoms with van der Waals surface area (Å²) >= 11 is 0. The van der Waals surface area contributed by atoms with Crippen molar-refractivity contribution in [1.82, 2.24) is 25.2 Å². The molecule has 2 N–H and O–H groups in total. The highest BCUT2D eigenvalue weighted by Gasteiger charge is 2.46. The molecule has 0 bridgehead atoms. The molecule has 6 rings (SSSR count). The lowest BCUT2D eigenvalue weighted by atomic mass is 9.81. The van der Waals surface area contributed by atoms with Gasteiger partial charge in [-0.3, -0.25) is 4.79 Å². The maximum Gasteiger partial charge on any atom is 0.253 e. The average molecular weight is 401 g/mol. The molecule has 1 saturated heterocycles. The van der Waals surface area contributed by atoms with Crippen LogP contribution < -0.4 is 15.4 Å². The number of carbonyl (C=O) groups is 1. The van der Waals surface area contributed by atoms with Gasteiger partial charge < -0.3 is 19.9 Å². The SMILES string of the molecule is COc1cccc(-c2ncc3c(n2)-c2c(c4c(n2C)CC2(CNC2)NC4=O)CC3)c1. The number of hydrogen-bond acceptors (Lipinski definition) is 5. The van der Waals surface area contributed by atoms with Crippen LogP contribution in [-0.2, 0) is 26.3 Å². The molecule has 1 spiro atoms. The number of methoxy groups -OCH3 is 1. The summed E-state index contributed by atoms with van der Waals surface area (Å²) in [6.07, 6.45) is 4.47.